The van der Waals surface area contributed by atoms with Gasteiger partial charge < -0.3 is 10.6 Å². The summed E-state index contributed by atoms with van der Waals surface area (Å²) in [7, 11) is -4.20. The van der Waals surface area contributed by atoms with E-state index in [4.69, 9.17) is 0 Å². The van der Waals surface area contributed by atoms with Gasteiger partial charge in [0, 0.05) is 18.0 Å². The van der Waals surface area contributed by atoms with Gasteiger partial charge in [0.05, 0.1) is 5.69 Å². The van der Waals surface area contributed by atoms with E-state index in [1.165, 1.54) is 0 Å². The third kappa shape index (κ3) is 6.99. The molecule has 0 bridgehead atoms. The first-order valence-corrected chi connectivity index (χ1v) is 10.00. The largest absolute Gasteiger partial charge is 0.324 e. The summed E-state index contributed by atoms with van der Waals surface area (Å²) in [6, 6.07) is 1.28. The van der Waals surface area contributed by atoms with Crippen LogP contribution in [0.5, 0.6) is 0 Å². The molecule has 1 amide bonds. The van der Waals surface area contributed by atoms with Crippen LogP contribution >= 0.6 is 12.4 Å². The zero-order valence-corrected chi connectivity index (χ0v) is 17.2. The average Bonchev–Trinajstić information content (AvgIpc) is 2.98. The van der Waals surface area contributed by atoms with Crippen molar-refractivity contribution in [1.29, 1.82) is 0 Å². The van der Waals surface area contributed by atoms with Crippen LogP contribution in [0.2, 0.25) is 0 Å². The lowest BCUT2D eigenvalue weighted by Gasteiger charge is -2.21. The highest BCUT2D eigenvalue weighted by Crippen LogP contribution is 2.25. The summed E-state index contributed by atoms with van der Waals surface area (Å²) in [5.74, 6) is -2.28. The van der Waals surface area contributed by atoms with Gasteiger partial charge in [-0.15, -0.1) is 12.4 Å². The second kappa shape index (κ2) is 9.27. The Morgan fingerprint density at radius 2 is 1.93 bits per heavy atom. The van der Waals surface area contributed by atoms with E-state index in [2.05, 4.69) is 15.4 Å². The molecule has 1 aromatic rings. The highest BCUT2D eigenvalue weighted by Gasteiger charge is 2.27. The van der Waals surface area contributed by atoms with E-state index >= 15 is 0 Å². The summed E-state index contributed by atoms with van der Waals surface area (Å²) in [6.07, 6.45) is 1.82. The van der Waals surface area contributed by atoms with Gasteiger partial charge in [-0.05, 0) is 58.7 Å². The molecule has 2 rings (SSSR count). The molecule has 0 saturated carbocycles. The van der Waals surface area contributed by atoms with Gasteiger partial charge >= 0.3 is 0 Å². The van der Waals surface area contributed by atoms with E-state index in [9.17, 15) is 22.0 Å². The standard InChI is InChI=1S/C17H25F2N3O3S.ClH/c1-17(2,3)22-26(24,25)15-9-14(12(18)8-13(15)19)21-16(23)5-4-11-6-7-20-10-11;/h8-9,11,20,22H,4-7,10H2,1-3H3,(H,21,23);1H. The molecule has 1 aliphatic heterocycles. The summed E-state index contributed by atoms with van der Waals surface area (Å²) in [5, 5.41) is 5.54. The molecule has 1 atom stereocenters. The molecule has 1 saturated heterocycles. The molecule has 0 aromatic heterocycles. The van der Waals surface area contributed by atoms with Crippen LogP contribution in [0.15, 0.2) is 17.0 Å². The quantitative estimate of drug-likeness (QED) is 0.654. The Morgan fingerprint density at radius 3 is 2.48 bits per heavy atom. The maximum absolute atomic E-state index is 14.0. The molecule has 1 unspecified atom stereocenters. The molecule has 1 aromatic carbocycles. The molecule has 0 aliphatic carbocycles. The SMILES string of the molecule is CC(C)(C)NS(=O)(=O)c1cc(NC(=O)CCC2CCNC2)c(F)cc1F.Cl. The molecular formula is C17H26ClF2N3O3S. The van der Waals surface area contributed by atoms with Crippen LogP contribution in [0.25, 0.3) is 0 Å². The molecule has 0 spiro atoms. The second-order valence-corrected chi connectivity index (χ2v) is 9.21. The summed E-state index contributed by atoms with van der Waals surface area (Å²) >= 11 is 0. The van der Waals surface area contributed by atoms with Crippen LogP contribution in [0.3, 0.4) is 0 Å². The monoisotopic (exact) mass is 425 g/mol. The highest BCUT2D eigenvalue weighted by molar-refractivity contribution is 7.89. The molecule has 1 heterocycles. The smallest absolute Gasteiger partial charge is 0.244 e. The third-order valence-electron chi connectivity index (χ3n) is 3.97. The first kappa shape index (κ1) is 23.7. The van der Waals surface area contributed by atoms with Crippen molar-refractivity contribution in [3.05, 3.63) is 23.8 Å². The lowest BCUT2D eigenvalue weighted by atomic mass is 10.0. The first-order valence-electron chi connectivity index (χ1n) is 8.51. The number of amides is 1. The van der Waals surface area contributed by atoms with Crippen molar-refractivity contribution in [3.8, 4) is 0 Å². The minimum absolute atomic E-state index is 0. The topological polar surface area (TPSA) is 87.3 Å². The molecular weight excluding hydrogens is 400 g/mol. The number of benzene rings is 1. The fraction of sp³-hybridized carbons (Fsp3) is 0.588. The zero-order chi connectivity index (χ0) is 19.5. The van der Waals surface area contributed by atoms with Crippen molar-refractivity contribution in [1.82, 2.24) is 10.0 Å². The van der Waals surface area contributed by atoms with Crippen LogP contribution in [0.4, 0.5) is 14.5 Å². The number of rotatable bonds is 6. The molecule has 27 heavy (non-hydrogen) atoms. The molecule has 6 nitrogen and oxygen atoms in total. The Kier molecular flexibility index (Phi) is 8.15. The normalized spacial score (nSPS) is 17.4. The number of sulfonamides is 1. The van der Waals surface area contributed by atoms with E-state index in [1.807, 2.05) is 0 Å². The number of carbonyl (C=O) groups is 1. The van der Waals surface area contributed by atoms with E-state index in [0.29, 0.717) is 18.4 Å². The lowest BCUT2D eigenvalue weighted by Crippen LogP contribution is -2.40. The summed E-state index contributed by atoms with van der Waals surface area (Å²) in [6.45, 7) is 6.57. The molecule has 1 aliphatic rings. The van der Waals surface area contributed by atoms with Crippen molar-refractivity contribution in [2.45, 2.75) is 50.5 Å². The molecule has 154 valence electrons. The lowest BCUT2D eigenvalue weighted by molar-refractivity contribution is -0.116. The Labute approximate surface area is 164 Å². The molecule has 1 fully saturated rings. The van der Waals surface area contributed by atoms with Crippen molar-refractivity contribution < 1.29 is 22.0 Å². The van der Waals surface area contributed by atoms with Crippen LogP contribution in [0, 0.1) is 17.6 Å². The minimum atomic E-state index is -4.20. The molecule has 3 N–H and O–H groups in total. The van der Waals surface area contributed by atoms with Gasteiger partial charge in [-0.25, -0.2) is 21.9 Å². The predicted octanol–water partition coefficient (Wildman–Crippen LogP) is 2.79. The van der Waals surface area contributed by atoms with E-state index in [1.54, 1.807) is 20.8 Å². The summed E-state index contributed by atoms with van der Waals surface area (Å²) < 4.78 is 54.9. The Balaban J connectivity index is 0.00000364. The maximum Gasteiger partial charge on any atom is 0.244 e. The average molecular weight is 426 g/mol. The first-order chi connectivity index (χ1) is 12.0. The van der Waals surface area contributed by atoms with E-state index in [0.717, 1.165) is 25.6 Å². The van der Waals surface area contributed by atoms with Crippen molar-refractivity contribution in [2.24, 2.45) is 5.92 Å². The maximum atomic E-state index is 14.0. The summed E-state index contributed by atoms with van der Waals surface area (Å²) in [4.78, 5) is 11.3. The van der Waals surface area contributed by atoms with Gasteiger partial charge in [0.2, 0.25) is 15.9 Å². The number of anilines is 1. The number of hydrogen-bond acceptors (Lipinski definition) is 4. The predicted molar refractivity (Wildman–Crippen MR) is 103 cm³/mol. The van der Waals surface area contributed by atoms with Gasteiger partial charge in [0.15, 0.2) is 0 Å². The number of halogens is 3. The van der Waals surface area contributed by atoms with Crippen LogP contribution in [-0.4, -0.2) is 33.0 Å². The Morgan fingerprint density at radius 1 is 1.26 bits per heavy atom. The van der Waals surface area contributed by atoms with Crippen LogP contribution in [0.1, 0.15) is 40.0 Å². The van der Waals surface area contributed by atoms with Gasteiger partial charge in [0.25, 0.3) is 0 Å². The summed E-state index contributed by atoms with van der Waals surface area (Å²) in [5.41, 5.74) is -1.19. The Bertz CT molecular complexity index is 776. The molecule has 0 radical (unpaired) electrons. The minimum Gasteiger partial charge on any atom is -0.324 e. The number of hydrogen-bond donors (Lipinski definition) is 3. The van der Waals surface area contributed by atoms with Gasteiger partial charge in [-0.3, -0.25) is 4.79 Å². The van der Waals surface area contributed by atoms with E-state index < -0.39 is 38.0 Å². The zero-order valence-electron chi connectivity index (χ0n) is 15.6. The second-order valence-electron chi connectivity index (χ2n) is 7.56. The fourth-order valence-electron chi connectivity index (χ4n) is 2.80. The van der Waals surface area contributed by atoms with Crippen LogP contribution < -0.4 is 15.4 Å². The number of carbonyl (C=O) groups excluding carboxylic acids is 1. The van der Waals surface area contributed by atoms with Crippen LogP contribution in [-0.2, 0) is 14.8 Å². The van der Waals surface area contributed by atoms with Gasteiger partial charge in [-0.2, -0.15) is 0 Å². The highest BCUT2D eigenvalue weighted by atomic mass is 35.5. The van der Waals surface area contributed by atoms with Crippen molar-refractivity contribution >= 4 is 34.0 Å². The fourth-order valence-corrected chi connectivity index (χ4v) is 4.30. The van der Waals surface area contributed by atoms with E-state index in [-0.39, 0.29) is 24.5 Å². The van der Waals surface area contributed by atoms with Gasteiger partial charge in [-0.1, -0.05) is 0 Å². The van der Waals surface area contributed by atoms with Gasteiger partial charge in [0.1, 0.15) is 16.5 Å². The van der Waals surface area contributed by atoms with Crippen molar-refractivity contribution in [3.63, 3.8) is 0 Å². The molecule has 10 heteroatoms. The third-order valence-corrected chi connectivity index (χ3v) is 5.74. The Hall–Kier alpha value is -1.29. The number of nitrogens with one attached hydrogen (secondary N) is 3. The van der Waals surface area contributed by atoms with Crippen molar-refractivity contribution in [2.75, 3.05) is 18.4 Å².